The quantitative estimate of drug-likeness (QED) is 0.422. The largest absolute Gasteiger partial charge is 0.497 e. The molecule has 0 saturated heterocycles. The van der Waals surface area contributed by atoms with E-state index in [1.807, 2.05) is 42.5 Å². The Morgan fingerprint density at radius 1 is 0.939 bits per heavy atom. The molecule has 7 nitrogen and oxygen atoms in total. The van der Waals surface area contributed by atoms with Crippen molar-refractivity contribution in [3.8, 4) is 22.7 Å². The smallest absolute Gasteiger partial charge is 0.273 e. The van der Waals surface area contributed by atoms with Crippen molar-refractivity contribution >= 4 is 23.4 Å². The van der Waals surface area contributed by atoms with E-state index >= 15 is 0 Å². The summed E-state index contributed by atoms with van der Waals surface area (Å²) in [7, 11) is 1.59. The molecular weight excluding hydrogens is 440 g/mol. The summed E-state index contributed by atoms with van der Waals surface area (Å²) < 4.78 is 6.85. The number of methoxy groups -OCH3 is 1. The molecule has 1 heterocycles. The lowest BCUT2D eigenvalue weighted by atomic mass is 10.1. The Kier molecular flexibility index (Phi) is 6.71. The summed E-state index contributed by atoms with van der Waals surface area (Å²) >= 11 is 5.87. The van der Waals surface area contributed by atoms with Crippen molar-refractivity contribution in [3.05, 3.63) is 101 Å². The molecule has 8 heteroatoms. The van der Waals surface area contributed by atoms with E-state index in [-0.39, 0.29) is 12.3 Å². The Morgan fingerprint density at radius 3 is 2.30 bits per heavy atom. The zero-order valence-electron chi connectivity index (χ0n) is 17.8. The van der Waals surface area contributed by atoms with Crippen LogP contribution in [0.4, 0.5) is 0 Å². The number of amides is 2. The van der Waals surface area contributed by atoms with Crippen LogP contribution in [0.1, 0.15) is 15.9 Å². The molecular formula is C25H21ClN4O3. The normalized spacial score (nSPS) is 10.5. The van der Waals surface area contributed by atoms with Crippen molar-refractivity contribution in [1.82, 2.24) is 20.6 Å². The summed E-state index contributed by atoms with van der Waals surface area (Å²) in [6.45, 7) is 0. The number of nitrogens with zero attached hydrogens (tertiary/aromatic N) is 2. The molecule has 2 N–H and O–H groups in total. The molecule has 3 aromatic carbocycles. The first kappa shape index (κ1) is 22.1. The molecule has 0 aliphatic rings. The van der Waals surface area contributed by atoms with Gasteiger partial charge in [-0.1, -0.05) is 41.9 Å². The van der Waals surface area contributed by atoms with Crippen molar-refractivity contribution < 1.29 is 14.3 Å². The lowest BCUT2D eigenvalue weighted by Crippen LogP contribution is -2.42. The van der Waals surface area contributed by atoms with Crippen LogP contribution >= 0.6 is 11.6 Å². The average Bonchev–Trinajstić information content (AvgIpc) is 3.30. The van der Waals surface area contributed by atoms with Gasteiger partial charge in [0.15, 0.2) is 0 Å². The number of benzene rings is 3. The topological polar surface area (TPSA) is 85.2 Å². The highest BCUT2D eigenvalue weighted by Crippen LogP contribution is 2.25. The Bertz CT molecular complexity index is 1250. The number of ether oxygens (including phenoxy) is 1. The molecule has 4 rings (SSSR count). The predicted molar refractivity (Wildman–Crippen MR) is 126 cm³/mol. The second-order valence-corrected chi connectivity index (χ2v) is 7.64. The average molecular weight is 461 g/mol. The van der Waals surface area contributed by atoms with Gasteiger partial charge in [-0.05, 0) is 54.1 Å². The van der Waals surface area contributed by atoms with Crippen LogP contribution in [0.5, 0.6) is 5.75 Å². The Labute approximate surface area is 195 Å². The SMILES string of the molecule is COc1ccc(-c2nn(-c3ccccc3)cc2C(=O)NNC(=O)Cc2ccc(Cl)cc2)cc1. The minimum absolute atomic E-state index is 0.103. The van der Waals surface area contributed by atoms with Crippen molar-refractivity contribution in [2.75, 3.05) is 7.11 Å². The standard InChI is InChI=1S/C25H21ClN4O3/c1-33-21-13-9-18(10-14-21)24-22(16-30(29-24)20-5-3-2-4-6-20)25(32)28-27-23(31)15-17-7-11-19(26)12-8-17/h2-14,16H,15H2,1H3,(H,27,31)(H,28,32). The maximum atomic E-state index is 13.0. The zero-order valence-corrected chi connectivity index (χ0v) is 18.5. The van der Waals surface area contributed by atoms with Crippen LogP contribution in [-0.4, -0.2) is 28.7 Å². The molecule has 0 atom stereocenters. The van der Waals surface area contributed by atoms with Crippen molar-refractivity contribution in [3.63, 3.8) is 0 Å². The monoisotopic (exact) mass is 460 g/mol. The van der Waals surface area contributed by atoms with Crippen LogP contribution < -0.4 is 15.6 Å². The van der Waals surface area contributed by atoms with E-state index in [0.29, 0.717) is 22.0 Å². The molecule has 0 radical (unpaired) electrons. The Morgan fingerprint density at radius 2 is 1.64 bits per heavy atom. The number of rotatable bonds is 6. The van der Waals surface area contributed by atoms with Gasteiger partial charge in [0.2, 0.25) is 5.91 Å². The highest BCUT2D eigenvalue weighted by Gasteiger charge is 2.19. The van der Waals surface area contributed by atoms with Crippen molar-refractivity contribution in [2.24, 2.45) is 0 Å². The summed E-state index contributed by atoms with van der Waals surface area (Å²) in [5.74, 6) is -0.138. The van der Waals surface area contributed by atoms with Gasteiger partial charge in [-0.2, -0.15) is 5.10 Å². The number of hydrogen-bond acceptors (Lipinski definition) is 4. The fourth-order valence-electron chi connectivity index (χ4n) is 3.24. The maximum Gasteiger partial charge on any atom is 0.273 e. The Balaban J connectivity index is 1.55. The molecule has 1 aromatic heterocycles. The van der Waals surface area contributed by atoms with E-state index in [1.54, 1.807) is 54.4 Å². The number of nitrogens with one attached hydrogen (secondary N) is 2. The predicted octanol–water partition coefficient (Wildman–Crippen LogP) is 4.21. The number of carbonyl (C=O) groups excluding carboxylic acids is 2. The van der Waals surface area contributed by atoms with Gasteiger partial charge in [-0.25, -0.2) is 4.68 Å². The molecule has 0 unspecified atom stereocenters. The first-order chi connectivity index (χ1) is 16.0. The van der Waals surface area contributed by atoms with E-state index in [9.17, 15) is 9.59 Å². The highest BCUT2D eigenvalue weighted by molar-refractivity contribution is 6.30. The fourth-order valence-corrected chi connectivity index (χ4v) is 3.37. The van der Waals surface area contributed by atoms with Gasteiger partial charge in [0, 0.05) is 16.8 Å². The van der Waals surface area contributed by atoms with Crippen LogP contribution in [0.25, 0.3) is 16.9 Å². The number of carbonyl (C=O) groups is 2. The van der Waals surface area contributed by atoms with E-state index in [2.05, 4.69) is 16.0 Å². The van der Waals surface area contributed by atoms with Gasteiger partial charge in [0.25, 0.3) is 5.91 Å². The number of hydrazine groups is 1. The van der Waals surface area contributed by atoms with Gasteiger partial charge in [0.05, 0.1) is 24.8 Å². The van der Waals surface area contributed by atoms with E-state index in [4.69, 9.17) is 16.3 Å². The molecule has 0 spiro atoms. The van der Waals surface area contributed by atoms with Gasteiger partial charge in [-0.3, -0.25) is 20.4 Å². The molecule has 166 valence electrons. The lowest BCUT2D eigenvalue weighted by Gasteiger charge is -2.08. The third-order valence-corrected chi connectivity index (χ3v) is 5.19. The first-order valence-electron chi connectivity index (χ1n) is 10.2. The van der Waals surface area contributed by atoms with E-state index < -0.39 is 5.91 Å². The fraction of sp³-hybridized carbons (Fsp3) is 0.0800. The first-order valence-corrected chi connectivity index (χ1v) is 10.5. The van der Waals surface area contributed by atoms with E-state index in [1.165, 1.54) is 0 Å². The summed E-state index contributed by atoms with van der Waals surface area (Å²) in [5, 5.41) is 5.21. The number of hydrogen-bond donors (Lipinski definition) is 2. The second kappa shape index (κ2) is 10.0. The van der Waals surface area contributed by atoms with Crippen molar-refractivity contribution in [2.45, 2.75) is 6.42 Å². The molecule has 33 heavy (non-hydrogen) atoms. The Hall–Kier alpha value is -4.10. The summed E-state index contributed by atoms with van der Waals surface area (Å²) in [6, 6.07) is 23.6. The van der Waals surface area contributed by atoms with Crippen LogP contribution in [0.2, 0.25) is 5.02 Å². The molecule has 4 aromatic rings. The molecule has 2 amide bonds. The number of para-hydroxylation sites is 1. The van der Waals surface area contributed by atoms with Crippen LogP contribution in [0.3, 0.4) is 0 Å². The van der Waals surface area contributed by atoms with Crippen LogP contribution in [0.15, 0.2) is 85.1 Å². The van der Waals surface area contributed by atoms with Crippen molar-refractivity contribution in [1.29, 1.82) is 0 Å². The molecule has 0 aliphatic carbocycles. The zero-order chi connectivity index (χ0) is 23.2. The maximum absolute atomic E-state index is 13.0. The summed E-state index contributed by atoms with van der Waals surface area (Å²) in [5.41, 5.74) is 8.06. The minimum Gasteiger partial charge on any atom is -0.497 e. The molecule has 0 aliphatic heterocycles. The summed E-state index contributed by atoms with van der Waals surface area (Å²) in [4.78, 5) is 25.3. The summed E-state index contributed by atoms with van der Waals surface area (Å²) in [6.07, 6.45) is 1.74. The second-order valence-electron chi connectivity index (χ2n) is 7.21. The van der Waals surface area contributed by atoms with E-state index in [0.717, 1.165) is 16.8 Å². The molecule has 0 bridgehead atoms. The van der Waals surface area contributed by atoms with Gasteiger partial charge < -0.3 is 4.74 Å². The van der Waals surface area contributed by atoms with Gasteiger partial charge >= 0.3 is 0 Å². The molecule has 0 fully saturated rings. The number of halogens is 1. The lowest BCUT2D eigenvalue weighted by molar-refractivity contribution is -0.121. The molecule has 0 saturated carbocycles. The van der Waals surface area contributed by atoms with Gasteiger partial charge in [-0.15, -0.1) is 0 Å². The van der Waals surface area contributed by atoms with Crippen LogP contribution in [-0.2, 0) is 11.2 Å². The number of aromatic nitrogens is 2. The third-order valence-electron chi connectivity index (χ3n) is 4.94. The van der Waals surface area contributed by atoms with Crippen LogP contribution in [0, 0.1) is 0 Å². The van der Waals surface area contributed by atoms with Gasteiger partial charge in [0.1, 0.15) is 11.4 Å². The third kappa shape index (κ3) is 5.39. The highest BCUT2D eigenvalue weighted by atomic mass is 35.5. The minimum atomic E-state index is -0.479.